The van der Waals surface area contributed by atoms with E-state index in [1.54, 1.807) is 6.08 Å². The van der Waals surface area contributed by atoms with E-state index in [1.807, 2.05) is 31.2 Å². The van der Waals surface area contributed by atoms with E-state index < -0.39 is 11.4 Å². The van der Waals surface area contributed by atoms with Crippen LogP contribution in [-0.4, -0.2) is 12.9 Å². The number of benzene rings is 1. The van der Waals surface area contributed by atoms with Crippen LogP contribution in [0.5, 0.6) is 5.75 Å². The molecular weight excluding hydrogens is 304 g/mol. The summed E-state index contributed by atoms with van der Waals surface area (Å²) in [5.41, 5.74) is 2.24. The van der Waals surface area contributed by atoms with Crippen LogP contribution in [0, 0.1) is 6.92 Å². The zero-order valence-electron chi connectivity index (χ0n) is 13.9. The highest BCUT2D eigenvalue weighted by atomic mass is 16.5. The molecule has 0 bridgehead atoms. The zero-order chi connectivity index (χ0) is 17.1. The highest BCUT2D eigenvalue weighted by molar-refractivity contribution is 6.08. The van der Waals surface area contributed by atoms with Crippen molar-refractivity contribution in [3.8, 4) is 5.75 Å². The number of aryl methyl sites for hydroxylation is 2. The summed E-state index contributed by atoms with van der Waals surface area (Å²) in [4.78, 5) is 24.8. The zero-order valence-corrected chi connectivity index (χ0v) is 13.9. The first-order valence-electron chi connectivity index (χ1n) is 8.12. The summed E-state index contributed by atoms with van der Waals surface area (Å²) in [5, 5.41) is 0. The lowest BCUT2D eigenvalue weighted by Crippen LogP contribution is -2.19. The van der Waals surface area contributed by atoms with E-state index >= 15 is 0 Å². The number of carbonyl (C=O) groups is 1. The molecule has 0 saturated heterocycles. The van der Waals surface area contributed by atoms with Crippen LogP contribution in [0.15, 0.2) is 39.6 Å². The summed E-state index contributed by atoms with van der Waals surface area (Å²) >= 11 is 0. The highest BCUT2D eigenvalue weighted by Gasteiger charge is 2.25. The minimum Gasteiger partial charge on any atom is -0.495 e. The molecule has 1 aliphatic carbocycles. The smallest absolute Gasteiger partial charge is 0.351 e. The van der Waals surface area contributed by atoms with Crippen molar-refractivity contribution >= 4 is 11.9 Å². The van der Waals surface area contributed by atoms with Gasteiger partial charge in [0.15, 0.2) is 5.78 Å². The van der Waals surface area contributed by atoms with Gasteiger partial charge in [0, 0.05) is 12.0 Å². The molecule has 0 saturated carbocycles. The molecule has 0 aliphatic heterocycles. The Bertz CT molecular complexity index is 858. The first kappa shape index (κ1) is 16.2. The van der Waals surface area contributed by atoms with E-state index in [9.17, 15) is 9.59 Å². The number of ketones is 1. The Morgan fingerprint density at radius 3 is 2.79 bits per heavy atom. The highest BCUT2D eigenvalue weighted by Crippen LogP contribution is 2.31. The van der Waals surface area contributed by atoms with Gasteiger partial charge >= 0.3 is 5.63 Å². The van der Waals surface area contributed by atoms with Gasteiger partial charge in [-0.25, -0.2) is 4.79 Å². The number of ether oxygens (including phenoxy) is 1. The molecule has 0 fully saturated rings. The van der Waals surface area contributed by atoms with Crippen LogP contribution in [-0.2, 0) is 12.8 Å². The third-order valence-corrected chi connectivity index (χ3v) is 4.26. The molecule has 1 aromatic heterocycles. The van der Waals surface area contributed by atoms with Crippen LogP contribution in [0.4, 0.5) is 0 Å². The van der Waals surface area contributed by atoms with E-state index in [-0.39, 0.29) is 5.56 Å². The molecule has 0 amide bonds. The van der Waals surface area contributed by atoms with Crippen molar-refractivity contribution in [2.75, 3.05) is 7.11 Å². The van der Waals surface area contributed by atoms with E-state index in [0.717, 1.165) is 36.0 Å². The predicted molar refractivity (Wildman–Crippen MR) is 92.7 cm³/mol. The first-order valence-corrected chi connectivity index (χ1v) is 8.12. The molecule has 0 radical (unpaired) electrons. The van der Waals surface area contributed by atoms with E-state index in [0.29, 0.717) is 17.9 Å². The van der Waals surface area contributed by atoms with E-state index in [1.165, 1.54) is 13.2 Å². The summed E-state index contributed by atoms with van der Waals surface area (Å²) in [6.45, 7) is 1.99. The molecule has 0 N–H and O–H groups in total. The van der Waals surface area contributed by atoms with E-state index in [4.69, 9.17) is 9.15 Å². The van der Waals surface area contributed by atoms with Gasteiger partial charge in [-0.3, -0.25) is 4.79 Å². The van der Waals surface area contributed by atoms with Gasteiger partial charge in [0.2, 0.25) is 0 Å². The monoisotopic (exact) mass is 324 g/mol. The van der Waals surface area contributed by atoms with Crippen LogP contribution < -0.4 is 10.4 Å². The topological polar surface area (TPSA) is 56.5 Å². The van der Waals surface area contributed by atoms with Gasteiger partial charge in [0.25, 0.3) is 0 Å². The molecule has 4 heteroatoms. The SMILES string of the molecule is COc1c2c(oc(=O)c1C(=O)/C=C/c1cccc(C)c1)CCCC2. The number of carbonyl (C=O) groups excluding carboxylic acids is 1. The molecule has 3 rings (SSSR count). The quantitative estimate of drug-likeness (QED) is 0.635. The van der Waals surface area contributed by atoms with Crippen LogP contribution in [0.2, 0.25) is 0 Å². The number of fused-ring (bicyclic) bond motifs is 1. The lowest BCUT2D eigenvalue weighted by molar-refractivity contribution is 0.104. The molecule has 0 atom stereocenters. The second-order valence-electron chi connectivity index (χ2n) is 6.02. The number of hydrogen-bond acceptors (Lipinski definition) is 4. The maximum Gasteiger partial charge on any atom is 0.351 e. The summed E-state index contributed by atoms with van der Waals surface area (Å²) in [7, 11) is 1.49. The maximum absolute atomic E-state index is 12.6. The number of allylic oxidation sites excluding steroid dienone is 1. The Labute approximate surface area is 140 Å². The van der Waals surface area contributed by atoms with Gasteiger partial charge in [0.05, 0.1) is 7.11 Å². The molecule has 4 nitrogen and oxygen atoms in total. The van der Waals surface area contributed by atoms with Crippen LogP contribution in [0.1, 0.15) is 45.7 Å². The number of rotatable bonds is 4. The van der Waals surface area contributed by atoms with Crippen LogP contribution >= 0.6 is 0 Å². The fourth-order valence-electron chi connectivity index (χ4n) is 3.10. The Morgan fingerprint density at radius 1 is 1.25 bits per heavy atom. The predicted octanol–water partition coefficient (Wildman–Crippen LogP) is 3.73. The second kappa shape index (κ2) is 6.87. The van der Waals surface area contributed by atoms with Gasteiger partial charge in [-0.15, -0.1) is 0 Å². The summed E-state index contributed by atoms with van der Waals surface area (Å²) in [6, 6.07) is 7.79. The average Bonchev–Trinajstić information content (AvgIpc) is 2.58. The van der Waals surface area contributed by atoms with Gasteiger partial charge in [0.1, 0.15) is 17.1 Å². The Hall–Kier alpha value is -2.62. The number of methoxy groups -OCH3 is 1. The molecule has 124 valence electrons. The first-order chi connectivity index (χ1) is 11.6. The summed E-state index contributed by atoms with van der Waals surface area (Å²) in [5.74, 6) is 0.637. The van der Waals surface area contributed by atoms with Crippen molar-refractivity contribution < 1.29 is 13.9 Å². The van der Waals surface area contributed by atoms with Gasteiger partial charge in [-0.2, -0.15) is 0 Å². The Balaban J connectivity index is 1.99. The molecule has 0 spiro atoms. The van der Waals surface area contributed by atoms with Crippen molar-refractivity contribution in [3.05, 3.63) is 68.8 Å². The Kier molecular flexibility index (Phi) is 4.65. The summed E-state index contributed by atoms with van der Waals surface area (Å²) in [6.07, 6.45) is 6.58. The van der Waals surface area contributed by atoms with Crippen LogP contribution in [0.25, 0.3) is 6.08 Å². The average molecular weight is 324 g/mol. The third kappa shape index (κ3) is 3.18. The maximum atomic E-state index is 12.6. The van der Waals surface area contributed by atoms with Gasteiger partial charge in [-0.05, 0) is 37.8 Å². The minimum absolute atomic E-state index is 0.0120. The van der Waals surface area contributed by atoms with Crippen LogP contribution in [0.3, 0.4) is 0 Å². The largest absolute Gasteiger partial charge is 0.495 e. The van der Waals surface area contributed by atoms with Crippen molar-refractivity contribution in [2.24, 2.45) is 0 Å². The third-order valence-electron chi connectivity index (χ3n) is 4.26. The second-order valence-corrected chi connectivity index (χ2v) is 6.02. The molecule has 0 unspecified atom stereocenters. The fraction of sp³-hybridized carbons (Fsp3) is 0.300. The Morgan fingerprint density at radius 2 is 2.04 bits per heavy atom. The normalized spacial score (nSPS) is 13.8. The number of hydrogen-bond donors (Lipinski definition) is 0. The molecule has 24 heavy (non-hydrogen) atoms. The van der Waals surface area contributed by atoms with Crippen molar-refractivity contribution in [2.45, 2.75) is 32.6 Å². The van der Waals surface area contributed by atoms with Crippen molar-refractivity contribution in [3.63, 3.8) is 0 Å². The molecule has 1 aromatic carbocycles. The van der Waals surface area contributed by atoms with Gasteiger partial charge in [-0.1, -0.05) is 35.9 Å². The molecule has 1 aliphatic rings. The van der Waals surface area contributed by atoms with Crippen molar-refractivity contribution in [1.29, 1.82) is 0 Å². The lowest BCUT2D eigenvalue weighted by atomic mass is 9.94. The minimum atomic E-state index is -0.619. The standard InChI is InChI=1S/C20H20O4/c1-13-6-5-7-14(12-13)10-11-16(21)18-19(23-2)15-8-3-4-9-17(15)24-20(18)22/h5-7,10-12H,3-4,8-9H2,1-2H3/b11-10+. The van der Waals surface area contributed by atoms with E-state index in [2.05, 4.69) is 0 Å². The molecular formula is C20H20O4. The summed E-state index contributed by atoms with van der Waals surface area (Å²) < 4.78 is 10.8. The lowest BCUT2D eigenvalue weighted by Gasteiger charge is -2.18. The molecule has 1 heterocycles. The van der Waals surface area contributed by atoms with Crippen molar-refractivity contribution in [1.82, 2.24) is 0 Å². The van der Waals surface area contributed by atoms with Gasteiger partial charge < -0.3 is 9.15 Å². The fourth-order valence-corrected chi connectivity index (χ4v) is 3.10. The molecule has 2 aromatic rings.